The van der Waals surface area contributed by atoms with Gasteiger partial charge in [-0.05, 0) is 25.5 Å². The summed E-state index contributed by atoms with van der Waals surface area (Å²) in [6, 6.07) is 5.93. The molecular weight excluding hydrogens is 260 g/mol. The van der Waals surface area contributed by atoms with E-state index in [1.54, 1.807) is 19.1 Å². The molecule has 0 unspecified atom stereocenters. The third kappa shape index (κ3) is 5.17. The molecule has 0 atom stereocenters. The van der Waals surface area contributed by atoms with Crippen molar-refractivity contribution in [2.75, 3.05) is 6.61 Å². The second-order valence-corrected chi connectivity index (χ2v) is 4.18. The molecule has 6 heteroatoms. The van der Waals surface area contributed by atoms with Gasteiger partial charge in [0.05, 0.1) is 23.6 Å². The van der Waals surface area contributed by atoms with E-state index in [9.17, 15) is 14.9 Å². The van der Waals surface area contributed by atoms with E-state index in [4.69, 9.17) is 4.74 Å². The third-order valence-corrected chi connectivity index (χ3v) is 2.54. The minimum atomic E-state index is -0.459. The summed E-state index contributed by atoms with van der Waals surface area (Å²) in [5, 5.41) is 10.6. The van der Waals surface area contributed by atoms with Crippen LogP contribution in [0.15, 0.2) is 29.3 Å². The first-order valence-electron chi connectivity index (χ1n) is 6.53. The van der Waals surface area contributed by atoms with Crippen LogP contribution in [-0.2, 0) is 9.53 Å². The highest BCUT2D eigenvalue weighted by atomic mass is 16.6. The number of rotatable bonds is 7. The molecule has 0 aromatic heterocycles. The molecule has 0 saturated carbocycles. The van der Waals surface area contributed by atoms with Crippen LogP contribution in [0.1, 0.15) is 33.1 Å². The zero-order valence-corrected chi connectivity index (χ0v) is 11.7. The van der Waals surface area contributed by atoms with Gasteiger partial charge in [-0.15, -0.1) is 0 Å². The minimum Gasteiger partial charge on any atom is -0.466 e. The maximum atomic E-state index is 11.5. The number of esters is 1. The number of non-ortho nitro benzene ring substituents is 1. The van der Waals surface area contributed by atoms with Gasteiger partial charge in [0.25, 0.3) is 5.69 Å². The summed E-state index contributed by atoms with van der Waals surface area (Å²) in [5.41, 5.74) is 1.34. The zero-order valence-electron chi connectivity index (χ0n) is 11.7. The first-order chi connectivity index (χ1) is 9.56. The fraction of sp³-hybridized carbons (Fsp3) is 0.429. The molecule has 6 nitrogen and oxygen atoms in total. The van der Waals surface area contributed by atoms with Gasteiger partial charge in [0.15, 0.2) is 0 Å². The van der Waals surface area contributed by atoms with Crippen LogP contribution in [0, 0.1) is 10.1 Å². The lowest BCUT2D eigenvalue weighted by molar-refractivity contribution is -0.384. The lowest BCUT2D eigenvalue weighted by atomic mass is 10.1. The monoisotopic (exact) mass is 278 g/mol. The molecule has 0 aliphatic carbocycles. The van der Waals surface area contributed by atoms with E-state index in [0.717, 1.165) is 12.1 Å². The number of aliphatic imine (C=N–C) groups is 1. The maximum Gasteiger partial charge on any atom is 0.311 e. The summed E-state index contributed by atoms with van der Waals surface area (Å²) in [7, 11) is 0. The molecule has 0 bridgehead atoms. The van der Waals surface area contributed by atoms with Gasteiger partial charge < -0.3 is 4.74 Å². The van der Waals surface area contributed by atoms with Gasteiger partial charge in [-0.2, -0.15) is 0 Å². The SMILES string of the molecule is CCCC(CC(=O)OCC)=Nc1ccc([N+](=O)[O-])cc1. The summed E-state index contributed by atoms with van der Waals surface area (Å²) in [6.07, 6.45) is 1.71. The number of hydrogen-bond donors (Lipinski definition) is 0. The van der Waals surface area contributed by atoms with Gasteiger partial charge in [-0.25, -0.2) is 0 Å². The molecule has 0 heterocycles. The third-order valence-electron chi connectivity index (χ3n) is 2.54. The van der Waals surface area contributed by atoms with Crippen molar-refractivity contribution < 1.29 is 14.5 Å². The molecular formula is C14H18N2O4. The summed E-state index contributed by atoms with van der Waals surface area (Å²) < 4.78 is 4.90. The second kappa shape index (κ2) is 8.04. The van der Waals surface area contributed by atoms with Crippen LogP contribution in [0.2, 0.25) is 0 Å². The Morgan fingerprint density at radius 2 is 1.95 bits per heavy atom. The Labute approximate surface area is 117 Å². The molecule has 0 radical (unpaired) electrons. The highest BCUT2D eigenvalue weighted by Gasteiger charge is 2.09. The van der Waals surface area contributed by atoms with Crippen molar-refractivity contribution in [3.05, 3.63) is 34.4 Å². The van der Waals surface area contributed by atoms with E-state index in [-0.39, 0.29) is 18.1 Å². The van der Waals surface area contributed by atoms with Gasteiger partial charge in [0.1, 0.15) is 0 Å². The molecule has 20 heavy (non-hydrogen) atoms. The summed E-state index contributed by atoms with van der Waals surface area (Å²) in [5.74, 6) is -0.304. The molecule has 0 aliphatic rings. The molecule has 0 amide bonds. The summed E-state index contributed by atoms with van der Waals surface area (Å²) in [4.78, 5) is 25.9. The number of carbonyl (C=O) groups is 1. The van der Waals surface area contributed by atoms with Crippen LogP contribution < -0.4 is 0 Å². The summed E-state index contributed by atoms with van der Waals surface area (Å²) >= 11 is 0. The molecule has 0 spiro atoms. The van der Waals surface area contributed by atoms with Crippen LogP contribution in [0.5, 0.6) is 0 Å². The van der Waals surface area contributed by atoms with Crippen molar-refractivity contribution in [1.29, 1.82) is 0 Å². The number of benzene rings is 1. The molecule has 0 saturated heterocycles. The van der Waals surface area contributed by atoms with Crippen molar-refractivity contribution in [3.63, 3.8) is 0 Å². The fourth-order valence-corrected chi connectivity index (χ4v) is 1.68. The Bertz CT molecular complexity index is 494. The predicted molar refractivity (Wildman–Crippen MR) is 76.3 cm³/mol. The highest BCUT2D eigenvalue weighted by molar-refractivity contribution is 6.00. The highest BCUT2D eigenvalue weighted by Crippen LogP contribution is 2.19. The van der Waals surface area contributed by atoms with Crippen molar-refractivity contribution in [2.45, 2.75) is 33.1 Å². The topological polar surface area (TPSA) is 81.8 Å². The van der Waals surface area contributed by atoms with Crippen molar-refractivity contribution in [1.82, 2.24) is 0 Å². The number of nitro groups is 1. The molecule has 108 valence electrons. The Morgan fingerprint density at radius 3 is 2.45 bits per heavy atom. The minimum absolute atomic E-state index is 0.0198. The molecule has 1 aromatic carbocycles. The van der Waals surface area contributed by atoms with E-state index in [1.165, 1.54) is 12.1 Å². The maximum absolute atomic E-state index is 11.5. The zero-order chi connectivity index (χ0) is 15.0. The van der Waals surface area contributed by atoms with Crippen LogP contribution >= 0.6 is 0 Å². The predicted octanol–water partition coefficient (Wildman–Crippen LogP) is 3.42. The van der Waals surface area contributed by atoms with E-state index in [0.29, 0.717) is 18.7 Å². The lowest BCUT2D eigenvalue weighted by Crippen LogP contribution is -2.11. The number of nitrogens with zero attached hydrogens (tertiary/aromatic N) is 2. The Hall–Kier alpha value is -2.24. The number of carbonyl (C=O) groups excluding carboxylic acids is 1. The standard InChI is InChI=1S/C14H18N2O4/c1-3-5-12(10-14(17)20-4-2)15-11-6-8-13(9-7-11)16(18)19/h6-9H,3-5,10H2,1-2H3. The number of nitro benzene ring substituents is 1. The Balaban J connectivity index is 2.84. The van der Waals surface area contributed by atoms with E-state index < -0.39 is 4.92 Å². The van der Waals surface area contributed by atoms with Crippen LogP contribution in [0.4, 0.5) is 11.4 Å². The Morgan fingerprint density at radius 1 is 1.30 bits per heavy atom. The number of hydrogen-bond acceptors (Lipinski definition) is 5. The van der Waals surface area contributed by atoms with E-state index in [2.05, 4.69) is 4.99 Å². The van der Waals surface area contributed by atoms with Gasteiger partial charge in [-0.3, -0.25) is 19.9 Å². The smallest absolute Gasteiger partial charge is 0.311 e. The van der Waals surface area contributed by atoms with Crippen molar-refractivity contribution >= 4 is 23.1 Å². The first-order valence-corrected chi connectivity index (χ1v) is 6.53. The average Bonchev–Trinajstić information content (AvgIpc) is 2.39. The van der Waals surface area contributed by atoms with Gasteiger partial charge in [-0.1, -0.05) is 13.3 Å². The van der Waals surface area contributed by atoms with Crippen LogP contribution in [0.25, 0.3) is 0 Å². The normalized spacial score (nSPS) is 11.2. The van der Waals surface area contributed by atoms with Crippen molar-refractivity contribution in [3.8, 4) is 0 Å². The number of ether oxygens (including phenoxy) is 1. The first kappa shape index (κ1) is 15.8. The molecule has 1 rings (SSSR count). The van der Waals surface area contributed by atoms with E-state index in [1.807, 2.05) is 6.92 Å². The largest absolute Gasteiger partial charge is 0.466 e. The fourth-order valence-electron chi connectivity index (χ4n) is 1.68. The molecule has 1 aromatic rings. The second-order valence-electron chi connectivity index (χ2n) is 4.18. The average molecular weight is 278 g/mol. The van der Waals surface area contributed by atoms with Gasteiger partial charge in [0, 0.05) is 17.8 Å². The molecule has 0 aliphatic heterocycles. The Kier molecular flexibility index (Phi) is 6.36. The molecule has 0 fully saturated rings. The quantitative estimate of drug-likeness (QED) is 0.331. The summed E-state index contributed by atoms with van der Waals surface area (Å²) in [6.45, 7) is 4.09. The van der Waals surface area contributed by atoms with Crippen molar-refractivity contribution in [2.24, 2.45) is 4.99 Å². The van der Waals surface area contributed by atoms with Gasteiger partial charge in [0.2, 0.25) is 0 Å². The van der Waals surface area contributed by atoms with Crippen LogP contribution in [0.3, 0.4) is 0 Å². The van der Waals surface area contributed by atoms with Gasteiger partial charge >= 0.3 is 5.97 Å². The van der Waals surface area contributed by atoms with Crippen LogP contribution in [-0.4, -0.2) is 23.2 Å². The van der Waals surface area contributed by atoms with E-state index >= 15 is 0 Å². The lowest BCUT2D eigenvalue weighted by Gasteiger charge is -2.05. The molecule has 0 N–H and O–H groups in total.